The van der Waals surface area contributed by atoms with Gasteiger partial charge in [-0.25, -0.2) is 4.79 Å². The lowest BCUT2D eigenvalue weighted by molar-refractivity contribution is 0.0570. The predicted octanol–water partition coefficient (Wildman–Crippen LogP) is 1.83. The van der Waals surface area contributed by atoms with Crippen molar-refractivity contribution >= 4 is 5.97 Å². The molecule has 102 valence electrons. The summed E-state index contributed by atoms with van der Waals surface area (Å²) in [7, 11) is 1.57. The summed E-state index contributed by atoms with van der Waals surface area (Å²) in [6.07, 6.45) is 0. The molecule has 0 aliphatic heterocycles. The molecule has 6 heteroatoms. The third-order valence-corrected chi connectivity index (χ3v) is 2.33. The quantitative estimate of drug-likeness (QED) is 0.783. The molecule has 1 aromatic rings. The molecular formula is C12H19NO5. The first-order chi connectivity index (χ1) is 8.38. The third-order valence-electron chi connectivity index (χ3n) is 2.33. The molecule has 0 aliphatic carbocycles. The highest BCUT2D eigenvalue weighted by atomic mass is 16.5. The largest absolute Gasteiger partial charge is 0.477 e. The van der Waals surface area contributed by atoms with Gasteiger partial charge < -0.3 is 19.1 Å². The van der Waals surface area contributed by atoms with Crippen molar-refractivity contribution in [2.45, 2.75) is 32.8 Å². The number of aromatic nitrogens is 1. The van der Waals surface area contributed by atoms with Crippen LogP contribution in [0.3, 0.4) is 0 Å². The Morgan fingerprint density at radius 3 is 2.56 bits per heavy atom. The van der Waals surface area contributed by atoms with Gasteiger partial charge in [0.15, 0.2) is 5.76 Å². The maximum absolute atomic E-state index is 11.3. The molecule has 0 spiro atoms. The van der Waals surface area contributed by atoms with Gasteiger partial charge in [0, 0.05) is 12.5 Å². The molecule has 0 bridgehead atoms. The molecule has 18 heavy (non-hydrogen) atoms. The highest BCUT2D eigenvalue weighted by Gasteiger charge is 2.30. The van der Waals surface area contributed by atoms with Crippen LogP contribution in [0.5, 0.6) is 0 Å². The molecule has 1 N–H and O–H groups in total. The van der Waals surface area contributed by atoms with Gasteiger partial charge in [-0.2, -0.15) is 0 Å². The molecule has 0 saturated heterocycles. The van der Waals surface area contributed by atoms with E-state index in [1.807, 2.05) is 20.8 Å². The summed E-state index contributed by atoms with van der Waals surface area (Å²) < 4.78 is 15.2. The molecular weight excluding hydrogens is 238 g/mol. The van der Waals surface area contributed by atoms with Gasteiger partial charge in [-0.3, -0.25) is 0 Å². The lowest BCUT2D eigenvalue weighted by Crippen LogP contribution is -2.16. The normalized spacial score (nSPS) is 11.8. The minimum Gasteiger partial charge on any atom is -0.477 e. The van der Waals surface area contributed by atoms with Crippen molar-refractivity contribution in [2.75, 3.05) is 20.3 Å². The number of nitrogens with zero attached hydrogens (tertiary/aromatic N) is 1. The van der Waals surface area contributed by atoms with E-state index in [0.29, 0.717) is 24.7 Å². The molecule has 0 fully saturated rings. The Morgan fingerprint density at radius 1 is 1.39 bits per heavy atom. The summed E-state index contributed by atoms with van der Waals surface area (Å²) in [5.41, 5.74) is -0.00524. The van der Waals surface area contributed by atoms with Gasteiger partial charge in [0.25, 0.3) is 0 Å². The summed E-state index contributed by atoms with van der Waals surface area (Å²) in [6, 6.07) is 0. The number of methoxy groups -OCH3 is 1. The van der Waals surface area contributed by atoms with Crippen LogP contribution in [0.15, 0.2) is 4.52 Å². The molecule has 0 atom stereocenters. The number of hydrogen-bond donors (Lipinski definition) is 1. The fourth-order valence-corrected chi connectivity index (χ4v) is 1.47. The van der Waals surface area contributed by atoms with Crippen molar-refractivity contribution in [1.29, 1.82) is 0 Å². The monoisotopic (exact) mass is 257 g/mol. The Morgan fingerprint density at radius 2 is 2.06 bits per heavy atom. The lowest BCUT2D eigenvalue weighted by Gasteiger charge is -2.14. The number of hydrogen-bond acceptors (Lipinski definition) is 5. The zero-order valence-corrected chi connectivity index (χ0v) is 11.1. The minimum atomic E-state index is -1.05. The van der Waals surface area contributed by atoms with Crippen LogP contribution in [0.25, 0.3) is 0 Å². The zero-order valence-electron chi connectivity index (χ0n) is 11.1. The molecule has 1 heterocycles. The number of carbonyl (C=O) groups is 1. The summed E-state index contributed by atoms with van der Waals surface area (Å²) >= 11 is 0. The first-order valence-corrected chi connectivity index (χ1v) is 5.67. The van der Waals surface area contributed by atoms with E-state index in [1.165, 1.54) is 0 Å². The van der Waals surface area contributed by atoms with E-state index in [0.717, 1.165) is 0 Å². The van der Waals surface area contributed by atoms with Crippen molar-refractivity contribution in [3.05, 3.63) is 17.0 Å². The molecule has 0 aliphatic rings. The van der Waals surface area contributed by atoms with Crippen molar-refractivity contribution < 1.29 is 23.9 Å². The predicted molar refractivity (Wildman–Crippen MR) is 63.7 cm³/mol. The summed E-state index contributed by atoms with van der Waals surface area (Å²) in [4.78, 5) is 11.3. The van der Waals surface area contributed by atoms with Gasteiger partial charge in [0.1, 0.15) is 11.3 Å². The fraction of sp³-hybridized carbons (Fsp3) is 0.667. The van der Waals surface area contributed by atoms with Gasteiger partial charge in [-0.1, -0.05) is 25.9 Å². The summed E-state index contributed by atoms with van der Waals surface area (Å²) in [5, 5.41) is 13.0. The lowest BCUT2D eigenvalue weighted by atomic mass is 9.90. The van der Waals surface area contributed by atoms with Crippen LogP contribution in [0, 0.1) is 0 Å². The topological polar surface area (TPSA) is 81.8 Å². The van der Waals surface area contributed by atoms with Crippen molar-refractivity contribution in [2.24, 2.45) is 0 Å². The Bertz CT molecular complexity index is 405. The SMILES string of the molecule is COCCOCc1noc(C(C)(C)C)c1C(=O)O. The van der Waals surface area contributed by atoms with Crippen LogP contribution in [0.2, 0.25) is 0 Å². The highest BCUT2D eigenvalue weighted by molar-refractivity contribution is 5.90. The Labute approximate surface area is 106 Å². The molecule has 0 radical (unpaired) electrons. The van der Waals surface area contributed by atoms with E-state index in [9.17, 15) is 9.90 Å². The maximum Gasteiger partial charge on any atom is 0.341 e. The second-order valence-electron chi connectivity index (χ2n) is 4.93. The third kappa shape index (κ3) is 3.54. The number of carboxylic acid groups (broad SMARTS) is 1. The summed E-state index contributed by atoms with van der Waals surface area (Å²) in [6.45, 7) is 6.55. The van der Waals surface area contributed by atoms with Gasteiger partial charge in [-0.05, 0) is 0 Å². The second kappa shape index (κ2) is 5.97. The van der Waals surface area contributed by atoms with Crippen LogP contribution in [-0.2, 0) is 21.5 Å². The average molecular weight is 257 g/mol. The number of ether oxygens (including phenoxy) is 2. The smallest absolute Gasteiger partial charge is 0.341 e. The molecule has 0 amide bonds. The van der Waals surface area contributed by atoms with Crippen LogP contribution >= 0.6 is 0 Å². The van der Waals surface area contributed by atoms with Crippen LogP contribution < -0.4 is 0 Å². The van der Waals surface area contributed by atoms with Gasteiger partial charge in [-0.15, -0.1) is 0 Å². The molecule has 0 saturated carbocycles. The Kier molecular flexibility index (Phi) is 4.86. The van der Waals surface area contributed by atoms with E-state index >= 15 is 0 Å². The van der Waals surface area contributed by atoms with E-state index in [4.69, 9.17) is 14.0 Å². The van der Waals surface area contributed by atoms with Crippen molar-refractivity contribution in [1.82, 2.24) is 5.16 Å². The van der Waals surface area contributed by atoms with Crippen LogP contribution in [0.1, 0.15) is 42.6 Å². The molecule has 0 aromatic carbocycles. The summed E-state index contributed by atoms with van der Waals surface area (Å²) in [5.74, 6) is -0.688. The average Bonchev–Trinajstić information content (AvgIpc) is 2.67. The maximum atomic E-state index is 11.3. The van der Waals surface area contributed by atoms with Gasteiger partial charge in [0.2, 0.25) is 0 Å². The second-order valence-corrected chi connectivity index (χ2v) is 4.93. The van der Waals surface area contributed by atoms with Crippen molar-refractivity contribution in [3.8, 4) is 0 Å². The molecule has 1 rings (SSSR count). The van der Waals surface area contributed by atoms with Crippen LogP contribution in [-0.4, -0.2) is 36.6 Å². The number of carboxylic acids is 1. The first-order valence-electron chi connectivity index (χ1n) is 5.67. The highest BCUT2D eigenvalue weighted by Crippen LogP contribution is 2.28. The van der Waals surface area contributed by atoms with Crippen molar-refractivity contribution in [3.63, 3.8) is 0 Å². The van der Waals surface area contributed by atoms with E-state index < -0.39 is 11.4 Å². The van der Waals surface area contributed by atoms with E-state index in [1.54, 1.807) is 7.11 Å². The number of rotatable bonds is 6. The first kappa shape index (κ1) is 14.7. The zero-order chi connectivity index (χ0) is 13.8. The van der Waals surface area contributed by atoms with Crippen LogP contribution in [0.4, 0.5) is 0 Å². The molecule has 6 nitrogen and oxygen atoms in total. The van der Waals surface area contributed by atoms with E-state index in [-0.39, 0.29) is 12.2 Å². The Hall–Kier alpha value is -1.40. The fourth-order valence-electron chi connectivity index (χ4n) is 1.47. The standard InChI is InChI=1S/C12H19NO5/c1-12(2,3)10-9(11(14)15)8(13-18-10)7-17-6-5-16-4/h5-7H2,1-4H3,(H,14,15). The van der Waals surface area contributed by atoms with Gasteiger partial charge >= 0.3 is 5.97 Å². The van der Waals surface area contributed by atoms with Gasteiger partial charge in [0.05, 0.1) is 19.8 Å². The Balaban J connectivity index is 2.86. The minimum absolute atomic E-state index is 0.0971. The number of aromatic carboxylic acids is 1. The molecule has 1 aromatic heterocycles. The molecule has 0 unspecified atom stereocenters. The van der Waals surface area contributed by atoms with E-state index in [2.05, 4.69) is 5.16 Å².